The lowest BCUT2D eigenvalue weighted by molar-refractivity contribution is -0.137. The number of rotatable bonds is 2. The molecule has 0 radical (unpaired) electrons. The summed E-state index contributed by atoms with van der Waals surface area (Å²) in [6, 6.07) is 16.9. The van der Waals surface area contributed by atoms with Gasteiger partial charge in [0, 0.05) is 6.54 Å². The lowest BCUT2D eigenvalue weighted by Gasteiger charge is -2.35. The van der Waals surface area contributed by atoms with Gasteiger partial charge in [0.1, 0.15) is 12.4 Å². The maximum Gasteiger partial charge on any atom is 0.261 e. The van der Waals surface area contributed by atoms with Gasteiger partial charge in [-0.2, -0.15) is 0 Å². The Bertz CT molecular complexity index is 979. The van der Waals surface area contributed by atoms with Crippen LogP contribution in [0.3, 0.4) is 0 Å². The van der Waals surface area contributed by atoms with E-state index in [1.54, 1.807) is 11.0 Å². The maximum absolute atomic E-state index is 12.7. The van der Waals surface area contributed by atoms with Crippen LogP contribution in [-0.2, 0) is 17.9 Å². The smallest absolute Gasteiger partial charge is 0.261 e. The van der Waals surface area contributed by atoms with E-state index in [1.807, 2.05) is 55.5 Å². The van der Waals surface area contributed by atoms with Crippen LogP contribution < -0.4 is 5.56 Å². The van der Waals surface area contributed by atoms with Crippen LogP contribution in [0.2, 0.25) is 0 Å². The topological polar surface area (TPSA) is 55.2 Å². The summed E-state index contributed by atoms with van der Waals surface area (Å²) in [7, 11) is 0. The highest BCUT2D eigenvalue weighted by atomic mass is 16.2. The Hall–Kier alpha value is -2.95. The van der Waals surface area contributed by atoms with Gasteiger partial charge in [-0.3, -0.25) is 14.2 Å². The highest BCUT2D eigenvalue weighted by Crippen LogP contribution is 2.26. The minimum atomic E-state index is -0.247. The first-order chi connectivity index (χ1) is 11.6. The summed E-state index contributed by atoms with van der Waals surface area (Å²) in [5.74, 6) is 0.590. The van der Waals surface area contributed by atoms with Gasteiger partial charge in [-0.1, -0.05) is 42.5 Å². The Morgan fingerprint density at radius 1 is 1.04 bits per heavy atom. The molecule has 0 spiro atoms. The standard InChI is InChI=1S/C19H17N3O2/c1-13-18-20-16-10-6-5-9-15(16)19(24)22(18)12-17(23)21(13)11-14-7-3-2-4-8-14/h2-10,13H,11-12H2,1H3. The van der Waals surface area contributed by atoms with Crippen LogP contribution in [0.5, 0.6) is 0 Å². The lowest BCUT2D eigenvalue weighted by Crippen LogP contribution is -2.45. The third-order valence-corrected chi connectivity index (χ3v) is 4.54. The molecule has 1 amide bonds. The molecule has 120 valence electrons. The molecule has 0 saturated heterocycles. The molecule has 1 unspecified atom stereocenters. The number of aromatic nitrogens is 2. The Kier molecular flexibility index (Phi) is 3.41. The van der Waals surface area contributed by atoms with Crippen molar-refractivity contribution in [2.45, 2.75) is 26.1 Å². The second kappa shape index (κ2) is 5.60. The molecular weight excluding hydrogens is 302 g/mol. The number of carbonyl (C=O) groups is 1. The second-order valence-corrected chi connectivity index (χ2v) is 6.06. The summed E-state index contributed by atoms with van der Waals surface area (Å²) >= 11 is 0. The predicted molar refractivity (Wildman–Crippen MR) is 91.4 cm³/mol. The van der Waals surface area contributed by atoms with E-state index < -0.39 is 0 Å². The molecule has 1 aliphatic rings. The van der Waals surface area contributed by atoms with Crippen molar-refractivity contribution in [1.82, 2.24) is 14.5 Å². The number of hydrogen-bond donors (Lipinski definition) is 0. The molecule has 2 heterocycles. The van der Waals surface area contributed by atoms with Gasteiger partial charge in [-0.15, -0.1) is 0 Å². The Labute approximate surface area is 139 Å². The molecule has 4 rings (SSSR count). The van der Waals surface area contributed by atoms with Crippen molar-refractivity contribution in [3.8, 4) is 0 Å². The average Bonchev–Trinajstić information content (AvgIpc) is 2.61. The fourth-order valence-corrected chi connectivity index (χ4v) is 3.24. The molecule has 1 aromatic heterocycles. The summed E-state index contributed by atoms with van der Waals surface area (Å²) in [5, 5.41) is 0.553. The van der Waals surface area contributed by atoms with Crippen LogP contribution in [-0.4, -0.2) is 20.4 Å². The van der Waals surface area contributed by atoms with Gasteiger partial charge < -0.3 is 4.90 Å². The highest BCUT2D eigenvalue weighted by Gasteiger charge is 2.31. The third-order valence-electron chi connectivity index (χ3n) is 4.54. The zero-order chi connectivity index (χ0) is 16.7. The minimum absolute atomic E-state index is 0.0448. The van der Waals surface area contributed by atoms with Crippen LogP contribution in [0.1, 0.15) is 24.4 Å². The fourth-order valence-electron chi connectivity index (χ4n) is 3.24. The molecule has 24 heavy (non-hydrogen) atoms. The zero-order valence-electron chi connectivity index (χ0n) is 13.3. The van der Waals surface area contributed by atoms with Gasteiger partial charge in [0.05, 0.1) is 16.9 Å². The molecule has 1 atom stereocenters. The molecule has 0 bridgehead atoms. The predicted octanol–water partition coefficient (Wildman–Crippen LogP) is 2.50. The molecule has 0 fully saturated rings. The van der Waals surface area contributed by atoms with E-state index in [0.717, 1.165) is 5.56 Å². The number of hydrogen-bond acceptors (Lipinski definition) is 3. The van der Waals surface area contributed by atoms with Gasteiger partial charge in [-0.05, 0) is 24.6 Å². The molecule has 0 saturated carbocycles. The van der Waals surface area contributed by atoms with Crippen LogP contribution in [0.4, 0.5) is 0 Å². The first-order valence-electron chi connectivity index (χ1n) is 7.98. The maximum atomic E-state index is 12.7. The van der Waals surface area contributed by atoms with E-state index in [4.69, 9.17) is 0 Å². The highest BCUT2D eigenvalue weighted by molar-refractivity contribution is 5.81. The normalized spacial score (nSPS) is 17.1. The largest absolute Gasteiger partial charge is 0.327 e. The van der Waals surface area contributed by atoms with Crippen molar-refractivity contribution < 1.29 is 4.79 Å². The van der Waals surface area contributed by atoms with E-state index in [-0.39, 0.29) is 24.1 Å². The quantitative estimate of drug-likeness (QED) is 0.729. The molecule has 0 aliphatic carbocycles. The average molecular weight is 319 g/mol. The number of nitrogens with zero attached hydrogens (tertiary/aromatic N) is 3. The van der Waals surface area contributed by atoms with Crippen molar-refractivity contribution in [2.24, 2.45) is 0 Å². The van der Waals surface area contributed by atoms with Crippen LogP contribution in [0, 0.1) is 0 Å². The van der Waals surface area contributed by atoms with Crippen molar-refractivity contribution in [3.63, 3.8) is 0 Å². The number of amides is 1. The van der Waals surface area contributed by atoms with Crippen molar-refractivity contribution in [2.75, 3.05) is 0 Å². The van der Waals surface area contributed by atoms with E-state index in [2.05, 4.69) is 4.98 Å². The summed E-state index contributed by atoms with van der Waals surface area (Å²) in [6.07, 6.45) is 0. The van der Waals surface area contributed by atoms with Gasteiger partial charge in [0.15, 0.2) is 0 Å². The fraction of sp³-hybridized carbons (Fsp3) is 0.211. The Morgan fingerprint density at radius 2 is 1.75 bits per heavy atom. The molecule has 0 N–H and O–H groups in total. The third kappa shape index (κ3) is 2.29. The Morgan fingerprint density at radius 3 is 2.54 bits per heavy atom. The number of para-hydroxylation sites is 1. The van der Waals surface area contributed by atoms with Crippen molar-refractivity contribution in [3.05, 3.63) is 76.3 Å². The van der Waals surface area contributed by atoms with Crippen molar-refractivity contribution in [1.29, 1.82) is 0 Å². The summed E-state index contributed by atoms with van der Waals surface area (Å²) < 4.78 is 1.51. The molecule has 5 heteroatoms. The summed E-state index contributed by atoms with van der Waals surface area (Å²) in [6.45, 7) is 2.49. The Balaban J connectivity index is 1.80. The van der Waals surface area contributed by atoms with Crippen LogP contribution in [0.25, 0.3) is 10.9 Å². The van der Waals surface area contributed by atoms with Crippen LogP contribution >= 0.6 is 0 Å². The molecule has 2 aromatic carbocycles. The van der Waals surface area contributed by atoms with E-state index in [9.17, 15) is 9.59 Å². The first kappa shape index (κ1) is 14.6. The molecular formula is C19H17N3O2. The SMILES string of the molecule is CC1c2nc3ccccc3c(=O)n2CC(=O)N1Cc1ccccc1. The van der Waals surface area contributed by atoms with Gasteiger partial charge in [-0.25, -0.2) is 4.98 Å². The molecule has 3 aromatic rings. The van der Waals surface area contributed by atoms with Crippen LogP contribution in [0.15, 0.2) is 59.4 Å². The van der Waals surface area contributed by atoms with E-state index >= 15 is 0 Å². The van der Waals surface area contributed by atoms with Crippen molar-refractivity contribution >= 4 is 16.8 Å². The van der Waals surface area contributed by atoms with Gasteiger partial charge in [0.2, 0.25) is 5.91 Å². The number of benzene rings is 2. The number of carbonyl (C=O) groups excluding carboxylic acids is 1. The van der Waals surface area contributed by atoms with E-state index in [1.165, 1.54) is 4.57 Å². The molecule has 5 nitrogen and oxygen atoms in total. The van der Waals surface area contributed by atoms with Gasteiger partial charge >= 0.3 is 0 Å². The molecule has 1 aliphatic heterocycles. The second-order valence-electron chi connectivity index (χ2n) is 6.06. The van der Waals surface area contributed by atoms with Gasteiger partial charge in [0.25, 0.3) is 5.56 Å². The first-order valence-corrected chi connectivity index (χ1v) is 7.98. The van der Waals surface area contributed by atoms with E-state index in [0.29, 0.717) is 23.3 Å². The summed E-state index contributed by atoms with van der Waals surface area (Å²) in [5.41, 5.74) is 1.60. The summed E-state index contributed by atoms with van der Waals surface area (Å²) in [4.78, 5) is 31.7. The minimum Gasteiger partial charge on any atom is -0.327 e. The monoisotopic (exact) mass is 319 g/mol. The zero-order valence-corrected chi connectivity index (χ0v) is 13.3. The lowest BCUT2D eigenvalue weighted by atomic mass is 10.1. The number of fused-ring (bicyclic) bond motifs is 2.